The predicted octanol–water partition coefficient (Wildman–Crippen LogP) is 1.36. The predicted molar refractivity (Wildman–Crippen MR) is 63.6 cm³/mol. The lowest BCUT2D eigenvalue weighted by Gasteiger charge is -2.17. The number of nitrogens with two attached hydrogens (primary N) is 1. The highest BCUT2D eigenvalue weighted by molar-refractivity contribution is 7.58. The van der Waals surface area contributed by atoms with Gasteiger partial charge in [-0.2, -0.15) is 13.2 Å². The first-order valence-electron chi connectivity index (χ1n) is 5.60. The van der Waals surface area contributed by atoms with Crippen LogP contribution in [0, 0.1) is 0 Å². The number of aliphatic hydroxyl groups excluding tert-OH is 1. The van der Waals surface area contributed by atoms with E-state index in [2.05, 4.69) is 4.42 Å². The van der Waals surface area contributed by atoms with Crippen LogP contribution in [0.5, 0.6) is 0 Å². The summed E-state index contributed by atoms with van der Waals surface area (Å²) in [7, 11) is -4.39. The third-order valence-electron chi connectivity index (χ3n) is 2.62. The Bertz CT molecular complexity index is 557. The Morgan fingerprint density at radius 3 is 2.43 bits per heavy atom. The van der Waals surface area contributed by atoms with Gasteiger partial charge in [-0.15, -0.1) is 0 Å². The molecule has 1 aromatic heterocycles. The van der Waals surface area contributed by atoms with Crippen LogP contribution in [0.3, 0.4) is 0 Å². The normalized spacial score (nSPS) is 18.0. The number of aliphatic hydroxyl groups is 1. The van der Waals surface area contributed by atoms with Gasteiger partial charge in [0.2, 0.25) is 13.1 Å². The molecule has 3 atom stereocenters. The van der Waals surface area contributed by atoms with Crippen LogP contribution < -0.4 is 5.73 Å². The van der Waals surface area contributed by atoms with E-state index in [1.54, 1.807) is 0 Å². The summed E-state index contributed by atoms with van der Waals surface area (Å²) < 4.78 is 53.1. The monoisotopic (exact) mass is 331 g/mol. The van der Waals surface area contributed by atoms with Crippen molar-refractivity contribution in [3.63, 3.8) is 0 Å². The minimum Gasteiger partial charge on any atom is -0.480 e. The van der Waals surface area contributed by atoms with Crippen molar-refractivity contribution < 1.29 is 42.1 Å². The molecular formula is C10H13F3NO6P. The zero-order chi connectivity index (χ0) is 16.4. The number of hydrogen-bond acceptors (Lipinski definition) is 5. The number of carboxylic acids is 1. The van der Waals surface area contributed by atoms with Crippen molar-refractivity contribution in [3.8, 4) is 0 Å². The molecule has 0 amide bonds. The molecule has 0 saturated heterocycles. The lowest BCUT2D eigenvalue weighted by molar-refractivity contribution is -0.153. The second-order valence-corrected chi connectivity index (χ2v) is 6.73. The second-order valence-electron chi connectivity index (χ2n) is 4.29. The average molecular weight is 331 g/mol. The van der Waals surface area contributed by atoms with Gasteiger partial charge in [0.1, 0.15) is 11.8 Å². The molecule has 0 aliphatic carbocycles. The Hall–Kier alpha value is -1.35. The number of carbonyl (C=O) groups is 1. The van der Waals surface area contributed by atoms with Gasteiger partial charge in [-0.1, -0.05) is 0 Å². The fraction of sp³-hybridized carbons (Fsp3) is 0.500. The van der Waals surface area contributed by atoms with Gasteiger partial charge >= 0.3 is 12.1 Å². The van der Waals surface area contributed by atoms with Crippen molar-refractivity contribution in [2.24, 2.45) is 5.73 Å². The van der Waals surface area contributed by atoms with Crippen LogP contribution in [0.2, 0.25) is 0 Å². The van der Waals surface area contributed by atoms with Gasteiger partial charge in [0.15, 0.2) is 5.85 Å². The van der Waals surface area contributed by atoms with Crippen molar-refractivity contribution in [1.29, 1.82) is 0 Å². The zero-order valence-electron chi connectivity index (χ0n) is 10.4. The van der Waals surface area contributed by atoms with Crippen LogP contribution >= 0.6 is 7.37 Å². The van der Waals surface area contributed by atoms with Gasteiger partial charge in [-0.05, 0) is 18.6 Å². The molecule has 0 spiro atoms. The quantitative estimate of drug-likeness (QED) is 0.578. The number of aliphatic carboxylic acids is 1. The maximum atomic E-state index is 12.3. The first kappa shape index (κ1) is 17.7. The Balaban J connectivity index is 2.81. The average Bonchev–Trinajstić information content (AvgIpc) is 2.84. The van der Waals surface area contributed by atoms with E-state index < -0.39 is 55.5 Å². The standard InChI is InChI=1S/C10H13F3NO6P/c11-10(12,13)7-2-1-6(20-7)9(17)21(18,19)4-3-5(14)8(15)16/h1-2,5,9,17H,3-4,14H2,(H,15,16)(H,18,19)/t5-,9?/m0/s1. The molecule has 1 aromatic rings. The molecule has 5 N–H and O–H groups in total. The minimum absolute atomic E-state index is 0.424. The molecule has 0 bridgehead atoms. The number of hydrogen-bond donors (Lipinski definition) is 4. The summed E-state index contributed by atoms with van der Waals surface area (Å²) >= 11 is 0. The topological polar surface area (TPSA) is 134 Å². The SMILES string of the molecule is N[C@@H](CCP(=O)(O)C(O)c1ccc(C(F)(F)F)o1)C(=O)O. The molecule has 2 unspecified atom stereocenters. The van der Waals surface area contributed by atoms with E-state index in [-0.39, 0.29) is 0 Å². The van der Waals surface area contributed by atoms with E-state index in [1.165, 1.54) is 0 Å². The van der Waals surface area contributed by atoms with Crippen molar-refractivity contribution in [2.75, 3.05) is 6.16 Å². The summed E-state index contributed by atoms with van der Waals surface area (Å²) in [5, 5.41) is 18.1. The molecule has 0 fully saturated rings. The Kier molecular flexibility index (Phi) is 5.21. The van der Waals surface area contributed by atoms with Gasteiger partial charge in [-0.25, -0.2) is 0 Å². The molecule has 21 heavy (non-hydrogen) atoms. The van der Waals surface area contributed by atoms with Gasteiger partial charge in [0.25, 0.3) is 0 Å². The number of furan rings is 1. The van der Waals surface area contributed by atoms with E-state index in [1.807, 2.05) is 0 Å². The van der Waals surface area contributed by atoms with E-state index in [0.29, 0.717) is 6.07 Å². The molecule has 0 saturated carbocycles. The number of rotatable bonds is 6. The molecular weight excluding hydrogens is 318 g/mol. The van der Waals surface area contributed by atoms with E-state index in [4.69, 9.17) is 10.8 Å². The largest absolute Gasteiger partial charge is 0.480 e. The fourth-order valence-electron chi connectivity index (χ4n) is 1.41. The summed E-state index contributed by atoms with van der Waals surface area (Å²) in [5.41, 5.74) is 5.14. The van der Waals surface area contributed by atoms with Crippen LogP contribution in [0.15, 0.2) is 16.5 Å². The van der Waals surface area contributed by atoms with E-state index in [9.17, 15) is 32.5 Å². The molecule has 0 aromatic carbocycles. The van der Waals surface area contributed by atoms with Crippen molar-refractivity contribution >= 4 is 13.3 Å². The summed E-state index contributed by atoms with van der Waals surface area (Å²) in [4.78, 5) is 20.1. The summed E-state index contributed by atoms with van der Waals surface area (Å²) in [5.74, 6) is -5.73. The van der Waals surface area contributed by atoms with E-state index in [0.717, 1.165) is 6.07 Å². The third kappa shape index (κ3) is 4.57. The Morgan fingerprint density at radius 1 is 1.43 bits per heavy atom. The lowest BCUT2D eigenvalue weighted by Crippen LogP contribution is -2.31. The first-order valence-corrected chi connectivity index (χ1v) is 7.51. The van der Waals surface area contributed by atoms with Crippen molar-refractivity contribution in [1.82, 2.24) is 0 Å². The maximum absolute atomic E-state index is 12.3. The number of halogens is 3. The number of carboxylic acid groups (broad SMARTS) is 1. The first-order chi connectivity index (χ1) is 9.45. The van der Waals surface area contributed by atoms with Crippen molar-refractivity contribution in [3.05, 3.63) is 23.7 Å². The Labute approximate surface area is 116 Å². The summed E-state index contributed by atoms with van der Waals surface area (Å²) in [6.07, 6.45) is -5.89. The van der Waals surface area contributed by atoms with Crippen LogP contribution in [0.4, 0.5) is 13.2 Å². The molecule has 120 valence electrons. The fourth-order valence-corrected chi connectivity index (χ4v) is 2.84. The van der Waals surface area contributed by atoms with Crippen molar-refractivity contribution in [2.45, 2.75) is 24.5 Å². The summed E-state index contributed by atoms with van der Waals surface area (Å²) in [6, 6.07) is -0.172. The molecule has 0 aliphatic heterocycles. The molecule has 0 aliphatic rings. The highest BCUT2D eigenvalue weighted by Crippen LogP contribution is 2.55. The van der Waals surface area contributed by atoms with Gasteiger partial charge in [-0.3, -0.25) is 9.36 Å². The van der Waals surface area contributed by atoms with Gasteiger partial charge in [0.05, 0.1) is 0 Å². The molecule has 1 rings (SSSR count). The van der Waals surface area contributed by atoms with Crippen LogP contribution in [-0.2, 0) is 15.5 Å². The highest BCUT2D eigenvalue weighted by Gasteiger charge is 2.38. The van der Waals surface area contributed by atoms with Gasteiger partial charge in [0, 0.05) is 6.16 Å². The lowest BCUT2D eigenvalue weighted by atomic mass is 10.2. The molecule has 11 heteroatoms. The molecule has 0 radical (unpaired) electrons. The molecule has 1 heterocycles. The summed E-state index contributed by atoms with van der Waals surface area (Å²) in [6.45, 7) is 0. The van der Waals surface area contributed by atoms with Crippen LogP contribution in [0.1, 0.15) is 23.8 Å². The minimum atomic E-state index is -4.79. The Morgan fingerprint density at radius 2 is 2.00 bits per heavy atom. The van der Waals surface area contributed by atoms with Crippen LogP contribution in [0.25, 0.3) is 0 Å². The van der Waals surface area contributed by atoms with E-state index >= 15 is 0 Å². The molecule has 7 nitrogen and oxygen atoms in total. The third-order valence-corrected chi connectivity index (χ3v) is 4.54. The van der Waals surface area contributed by atoms with Gasteiger partial charge < -0.3 is 25.3 Å². The second kappa shape index (κ2) is 6.18. The maximum Gasteiger partial charge on any atom is 0.449 e. The number of alkyl halides is 3. The van der Waals surface area contributed by atoms with Crippen LogP contribution in [-0.4, -0.2) is 33.3 Å². The smallest absolute Gasteiger partial charge is 0.449 e. The zero-order valence-corrected chi connectivity index (χ0v) is 11.3. The highest BCUT2D eigenvalue weighted by atomic mass is 31.2.